The van der Waals surface area contributed by atoms with E-state index in [0.717, 1.165) is 38.4 Å². The first kappa shape index (κ1) is 24.2. The molecule has 1 N–H and O–H groups in total. The molecule has 0 atom stereocenters. The Labute approximate surface area is 154 Å². The van der Waals surface area contributed by atoms with E-state index >= 15 is 0 Å². The maximum absolute atomic E-state index is 11.4. The van der Waals surface area contributed by atoms with Crippen LogP contribution in [0.15, 0.2) is 0 Å². The van der Waals surface area contributed by atoms with Gasteiger partial charge in [-0.05, 0) is 33.6 Å². The Kier molecular flexibility index (Phi) is 13.0. The maximum Gasteiger partial charge on any atom is 0.407 e. The lowest BCUT2D eigenvalue weighted by molar-refractivity contribution is 0.0527. The van der Waals surface area contributed by atoms with Crippen molar-refractivity contribution >= 4 is 16.2 Å². The second-order valence-electron chi connectivity index (χ2n) is 7.49. The van der Waals surface area contributed by atoms with Crippen LogP contribution in [0.1, 0.15) is 85.0 Å². The Balaban J connectivity index is 3.23. The Morgan fingerprint density at radius 1 is 0.840 bits per heavy atom. The van der Waals surface area contributed by atoms with Crippen molar-refractivity contribution in [3.63, 3.8) is 0 Å². The molecular weight excluding hydrogens is 342 g/mol. The van der Waals surface area contributed by atoms with Crippen LogP contribution in [0, 0.1) is 0 Å². The van der Waals surface area contributed by atoms with Gasteiger partial charge in [-0.25, -0.2) is 4.79 Å². The summed E-state index contributed by atoms with van der Waals surface area (Å²) >= 11 is 0. The third kappa shape index (κ3) is 21.1. The SMILES string of the molecule is CC(C)(C)OC(=O)NCCCCCCCCCCCCOS(C)(=O)=O. The first-order chi connectivity index (χ1) is 11.6. The van der Waals surface area contributed by atoms with E-state index in [2.05, 4.69) is 5.32 Å². The van der Waals surface area contributed by atoms with Crippen molar-refractivity contribution in [2.75, 3.05) is 19.4 Å². The smallest absolute Gasteiger partial charge is 0.407 e. The van der Waals surface area contributed by atoms with Crippen molar-refractivity contribution in [3.8, 4) is 0 Å². The minimum Gasteiger partial charge on any atom is -0.444 e. The van der Waals surface area contributed by atoms with E-state index in [1.807, 2.05) is 20.8 Å². The van der Waals surface area contributed by atoms with Crippen molar-refractivity contribution in [2.24, 2.45) is 0 Å². The number of rotatable bonds is 14. The largest absolute Gasteiger partial charge is 0.444 e. The Morgan fingerprint density at radius 3 is 1.72 bits per heavy atom. The number of hydrogen-bond acceptors (Lipinski definition) is 5. The molecule has 0 radical (unpaired) electrons. The summed E-state index contributed by atoms with van der Waals surface area (Å²) in [5, 5.41) is 2.77. The molecule has 0 fully saturated rings. The number of ether oxygens (including phenoxy) is 1. The van der Waals surface area contributed by atoms with E-state index in [0.29, 0.717) is 13.2 Å². The van der Waals surface area contributed by atoms with Gasteiger partial charge in [-0.3, -0.25) is 4.18 Å². The van der Waals surface area contributed by atoms with Gasteiger partial charge in [0.2, 0.25) is 0 Å². The van der Waals surface area contributed by atoms with Crippen molar-refractivity contribution in [3.05, 3.63) is 0 Å². The van der Waals surface area contributed by atoms with Crippen LogP contribution in [0.3, 0.4) is 0 Å². The molecular formula is C18H37NO5S. The summed E-state index contributed by atoms with van der Waals surface area (Å²) < 4.78 is 31.4. The zero-order valence-corrected chi connectivity index (χ0v) is 17.3. The van der Waals surface area contributed by atoms with Gasteiger partial charge in [0.1, 0.15) is 5.60 Å². The fourth-order valence-corrected chi connectivity index (χ4v) is 2.78. The fraction of sp³-hybridized carbons (Fsp3) is 0.944. The van der Waals surface area contributed by atoms with Crippen LogP contribution in [-0.4, -0.2) is 39.5 Å². The highest BCUT2D eigenvalue weighted by atomic mass is 32.2. The monoisotopic (exact) mass is 379 g/mol. The van der Waals surface area contributed by atoms with E-state index in [1.54, 1.807) is 0 Å². The molecule has 1 amide bonds. The number of carbonyl (C=O) groups excluding carboxylic acids is 1. The molecule has 0 aromatic carbocycles. The van der Waals surface area contributed by atoms with E-state index in [9.17, 15) is 13.2 Å². The highest BCUT2D eigenvalue weighted by Gasteiger charge is 2.15. The van der Waals surface area contributed by atoms with Gasteiger partial charge in [-0.2, -0.15) is 8.42 Å². The van der Waals surface area contributed by atoms with Gasteiger partial charge in [0.05, 0.1) is 12.9 Å². The molecule has 150 valence electrons. The second kappa shape index (κ2) is 13.4. The fourth-order valence-electron chi connectivity index (χ4n) is 2.36. The number of carbonyl (C=O) groups is 1. The van der Waals surface area contributed by atoms with Crippen LogP contribution in [0.5, 0.6) is 0 Å². The van der Waals surface area contributed by atoms with Gasteiger partial charge in [0.15, 0.2) is 0 Å². The standard InChI is InChI=1S/C18H37NO5S/c1-18(2,3)24-17(20)19-15-13-11-9-7-5-6-8-10-12-14-16-23-25(4,21)22/h5-16H2,1-4H3,(H,19,20). The predicted molar refractivity (Wildman–Crippen MR) is 101 cm³/mol. The Bertz CT molecular complexity index is 443. The molecule has 0 saturated heterocycles. The molecule has 0 aliphatic heterocycles. The predicted octanol–water partition coefficient (Wildman–Crippen LogP) is 4.39. The molecule has 0 spiro atoms. The van der Waals surface area contributed by atoms with Crippen LogP contribution in [0.2, 0.25) is 0 Å². The van der Waals surface area contributed by atoms with Crippen molar-refractivity contribution < 1.29 is 22.1 Å². The molecule has 0 bridgehead atoms. The first-order valence-electron chi connectivity index (χ1n) is 9.41. The van der Waals surface area contributed by atoms with Gasteiger partial charge in [-0.15, -0.1) is 0 Å². The molecule has 0 unspecified atom stereocenters. The van der Waals surface area contributed by atoms with E-state index in [-0.39, 0.29) is 6.09 Å². The number of nitrogens with one attached hydrogen (secondary N) is 1. The molecule has 6 nitrogen and oxygen atoms in total. The van der Waals surface area contributed by atoms with Crippen LogP contribution >= 0.6 is 0 Å². The minimum atomic E-state index is -3.28. The minimum absolute atomic E-state index is 0.302. The number of unbranched alkanes of at least 4 members (excludes halogenated alkanes) is 9. The van der Waals surface area contributed by atoms with Gasteiger partial charge in [0, 0.05) is 6.54 Å². The normalized spacial score (nSPS) is 12.2. The summed E-state index contributed by atoms with van der Waals surface area (Å²) in [6, 6.07) is 0. The van der Waals surface area contributed by atoms with Crippen LogP contribution in [-0.2, 0) is 19.0 Å². The summed E-state index contributed by atoms with van der Waals surface area (Å²) in [7, 11) is -3.28. The number of alkyl carbamates (subject to hydrolysis) is 1. The maximum atomic E-state index is 11.4. The average molecular weight is 380 g/mol. The van der Waals surface area contributed by atoms with E-state index < -0.39 is 15.7 Å². The molecule has 0 aromatic rings. The van der Waals surface area contributed by atoms with Crippen molar-refractivity contribution in [1.82, 2.24) is 5.32 Å². The van der Waals surface area contributed by atoms with E-state index in [4.69, 9.17) is 8.92 Å². The second-order valence-corrected chi connectivity index (χ2v) is 9.13. The lowest BCUT2D eigenvalue weighted by Gasteiger charge is -2.19. The van der Waals surface area contributed by atoms with Crippen molar-refractivity contribution in [2.45, 2.75) is 90.6 Å². The molecule has 7 heteroatoms. The highest BCUT2D eigenvalue weighted by Crippen LogP contribution is 2.11. The third-order valence-electron chi connectivity index (χ3n) is 3.54. The summed E-state index contributed by atoms with van der Waals surface area (Å²) in [4.78, 5) is 11.4. The number of amides is 1. The summed E-state index contributed by atoms with van der Waals surface area (Å²) in [6.45, 7) is 6.54. The molecule has 0 saturated carbocycles. The molecule has 0 rings (SSSR count). The highest BCUT2D eigenvalue weighted by molar-refractivity contribution is 7.85. The van der Waals surface area contributed by atoms with Crippen molar-refractivity contribution in [1.29, 1.82) is 0 Å². The topological polar surface area (TPSA) is 81.7 Å². The quantitative estimate of drug-likeness (QED) is 0.357. The van der Waals surface area contributed by atoms with Crippen LogP contribution in [0.25, 0.3) is 0 Å². The Hall–Kier alpha value is -0.820. The van der Waals surface area contributed by atoms with Gasteiger partial charge in [0.25, 0.3) is 10.1 Å². The van der Waals surface area contributed by atoms with Gasteiger partial charge < -0.3 is 10.1 Å². The lowest BCUT2D eigenvalue weighted by Crippen LogP contribution is -2.32. The lowest BCUT2D eigenvalue weighted by atomic mass is 10.1. The Morgan fingerprint density at radius 2 is 1.28 bits per heavy atom. The van der Waals surface area contributed by atoms with E-state index in [1.165, 1.54) is 32.1 Å². The molecule has 0 aliphatic rings. The van der Waals surface area contributed by atoms with Crippen LogP contribution in [0.4, 0.5) is 4.79 Å². The summed E-state index contributed by atoms with van der Waals surface area (Å²) in [5.41, 5.74) is -0.440. The third-order valence-corrected chi connectivity index (χ3v) is 4.13. The molecule has 0 aromatic heterocycles. The van der Waals surface area contributed by atoms with Gasteiger partial charge >= 0.3 is 6.09 Å². The summed E-state index contributed by atoms with van der Waals surface area (Å²) in [5.74, 6) is 0. The zero-order valence-electron chi connectivity index (χ0n) is 16.4. The van der Waals surface area contributed by atoms with Gasteiger partial charge in [-0.1, -0.05) is 51.4 Å². The average Bonchev–Trinajstić information content (AvgIpc) is 2.44. The first-order valence-corrected chi connectivity index (χ1v) is 11.2. The molecule has 25 heavy (non-hydrogen) atoms. The summed E-state index contributed by atoms with van der Waals surface area (Å²) in [6.07, 6.45) is 11.9. The molecule has 0 heterocycles. The zero-order chi connectivity index (χ0) is 19.2. The number of hydrogen-bond donors (Lipinski definition) is 1. The molecule has 0 aliphatic carbocycles. The van der Waals surface area contributed by atoms with Crippen LogP contribution < -0.4 is 5.32 Å².